The molecule has 4 aromatic rings. The lowest BCUT2D eigenvalue weighted by Gasteiger charge is -2.35. The lowest BCUT2D eigenvalue weighted by molar-refractivity contribution is -0.141. The van der Waals surface area contributed by atoms with E-state index in [1.54, 1.807) is 39.0 Å². The van der Waals surface area contributed by atoms with E-state index in [2.05, 4.69) is 31.9 Å². The third-order valence-electron chi connectivity index (χ3n) is 10.8. The Balaban J connectivity index is 0.00000363. The van der Waals surface area contributed by atoms with Crippen LogP contribution in [0.1, 0.15) is 52.0 Å². The Labute approximate surface area is 376 Å². The molecule has 7 rings (SSSR count). The van der Waals surface area contributed by atoms with Crippen molar-refractivity contribution in [3.8, 4) is 22.9 Å². The number of thiazole rings is 1. The van der Waals surface area contributed by atoms with E-state index in [0.717, 1.165) is 23.5 Å². The summed E-state index contributed by atoms with van der Waals surface area (Å²) in [7, 11) is -2.48. The highest BCUT2D eigenvalue weighted by atomic mass is 35.5. The lowest BCUT2D eigenvalue weighted by atomic mass is 9.85. The number of nitrogens with one attached hydrogen (secondary N) is 3. The topological polar surface area (TPSA) is 169 Å². The fourth-order valence-electron chi connectivity index (χ4n) is 7.29. The van der Waals surface area contributed by atoms with Crippen LogP contribution in [0.3, 0.4) is 0 Å². The summed E-state index contributed by atoms with van der Waals surface area (Å²) in [5, 5.41) is 8.43. The number of fused-ring (bicyclic) bond motifs is 1. The van der Waals surface area contributed by atoms with Crippen molar-refractivity contribution in [3.05, 3.63) is 77.0 Å². The number of ether oxygens (including phenoxy) is 2. The van der Waals surface area contributed by atoms with Crippen LogP contribution in [-0.2, 0) is 30.6 Å². The molecular formula is C40H43Cl3F4N6O7S2. The van der Waals surface area contributed by atoms with Crippen LogP contribution < -0.4 is 24.8 Å². The molecule has 3 fully saturated rings. The zero-order valence-electron chi connectivity index (χ0n) is 33.5. The van der Waals surface area contributed by atoms with Crippen LogP contribution in [0.25, 0.3) is 22.0 Å². The molecule has 1 saturated heterocycles. The fourth-order valence-corrected chi connectivity index (χ4v) is 9.57. The van der Waals surface area contributed by atoms with Crippen LogP contribution in [-0.4, -0.2) is 83.6 Å². The Hall–Kier alpha value is -4.43. The van der Waals surface area contributed by atoms with Gasteiger partial charge in [0.05, 0.1) is 36.4 Å². The van der Waals surface area contributed by atoms with E-state index >= 15 is 0 Å². The third-order valence-corrected chi connectivity index (χ3v) is 13.7. The van der Waals surface area contributed by atoms with Gasteiger partial charge in [-0.25, -0.2) is 22.8 Å². The number of anilines is 1. The van der Waals surface area contributed by atoms with E-state index < -0.39 is 85.6 Å². The summed E-state index contributed by atoms with van der Waals surface area (Å²) in [6.07, 6.45) is -1.94. The second kappa shape index (κ2) is 18.0. The maximum atomic E-state index is 14.8. The molecule has 2 saturated carbocycles. The molecule has 2 aromatic heterocycles. The zero-order chi connectivity index (χ0) is 43.5. The maximum absolute atomic E-state index is 14.8. The van der Waals surface area contributed by atoms with Gasteiger partial charge in [0.25, 0.3) is 5.91 Å². The van der Waals surface area contributed by atoms with Gasteiger partial charge in [-0.2, -0.15) is 13.2 Å². The van der Waals surface area contributed by atoms with E-state index in [1.165, 1.54) is 29.7 Å². The van der Waals surface area contributed by atoms with Gasteiger partial charge in [0.2, 0.25) is 27.7 Å². The first-order valence-electron chi connectivity index (χ1n) is 18.8. The number of hydrogen-bond acceptors (Lipinski definition) is 11. The first-order valence-corrected chi connectivity index (χ1v) is 21.6. The van der Waals surface area contributed by atoms with Gasteiger partial charge in [-0.3, -0.25) is 19.1 Å². The third kappa shape index (κ3) is 9.86. The van der Waals surface area contributed by atoms with Gasteiger partial charge in [-0.15, -0.1) is 42.7 Å². The lowest BCUT2D eigenvalue weighted by Crippen LogP contribution is -2.58. The molecule has 0 bridgehead atoms. The normalized spacial score (nSPS) is 21.5. The number of likely N-dealkylation sites (tertiary alicyclic amines) is 1. The molecular weight excluding hydrogens is 923 g/mol. The van der Waals surface area contributed by atoms with Crippen molar-refractivity contribution in [3.63, 3.8) is 0 Å². The molecule has 22 heteroatoms. The number of methoxy groups -OCH3 is 1. The minimum Gasteiger partial charge on any atom is -0.494 e. The van der Waals surface area contributed by atoms with Crippen molar-refractivity contribution >= 4 is 91.4 Å². The molecule has 0 spiro atoms. The van der Waals surface area contributed by atoms with Gasteiger partial charge in [-0.1, -0.05) is 44.5 Å². The molecule has 336 valence electrons. The molecule has 2 aliphatic carbocycles. The Morgan fingerprint density at radius 3 is 2.40 bits per heavy atom. The SMILES string of the molecule is C=C[C@@H]1C[C@]1(NC(=O)[C@@H]1C[C@@H](Oc2ncc(OC)c3ccc(Cl)cc23)CN1C(=O)[C@@H](Nc1nc(-c2ccc(C(F)(F)F)c(F)c2)cs1)C(C)(C)C)C(=O)NS(=O)(=O)C1CC1.Cl.Cl. The number of sulfonamides is 1. The molecule has 62 heavy (non-hydrogen) atoms. The second-order valence-corrected chi connectivity index (χ2v) is 19.4. The highest BCUT2D eigenvalue weighted by Crippen LogP contribution is 2.46. The van der Waals surface area contributed by atoms with Gasteiger partial charge in [0, 0.05) is 39.1 Å². The average Bonchev–Trinajstić information content (AvgIpc) is 4.06. The first-order chi connectivity index (χ1) is 28.1. The van der Waals surface area contributed by atoms with E-state index in [-0.39, 0.29) is 66.5 Å². The maximum Gasteiger partial charge on any atom is 0.419 e. The van der Waals surface area contributed by atoms with Crippen molar-refractivity contribution in [2.75, 3.05) is 19.0 Å². The number of aromatic nitrogens is 2. The number of rotatable bonds is 13. The standard InChI is InChI=1S/C40H41ClF4N6O7S2.2ClH/c1-6-21-16-39(21,36(54)50-60(55,56)24-9-10-24)49-33(52)30-15-23(58-34-26-14-22(41)8-11-25(26)31(57-5)17-46-34)18-51(30)35(53)32(38(2,3)4)48-37-47-29(19-59-37)20-7-12-27(28(42)13-20)40(43,44)45;;/h6-8,11-14,17,19,21,23-24,30,32H,1,9-10,15-16,18H2,2-5H3,(H,47,48)(H,49,52)(H,50,54);2*1H/t21-,23-,30+,32-,39-;;/m1../s1. The van der Waals surface area contributed by atoms with Gasteiger partial charge in [0.1, 0.15) is 35.3 Å². The first kappa shape index (κ1) is 48.6. The predicted octanol–water partition coefficient (Wildman–Crippen LogP) is 7.57. The quantitative estimate of drug-likeness (QED) is 0.0898. The predicted molar refractivity (Wildman–Crippen MR) is 231 cm³/mol. The highest BCUT2D eigenvalue weighted by molar-refractivity contribution is 7.91. The van der Waals surface area contributed by atoms with Gasteiger partial charge < -0.3 is 25.0 Å². The minimum atomic E-state index is -4.88. The van der Waals surface area contributed by atoms with E-state index in [0.29, 0.717) is 40.5 Å². The van der Waals surface area contributed by atoms with E-state index in [4.69, 9.17) is 21.1 Å². The van der Waals surface area contributed by atoms with Crippen molar-refractivity contribution < 1.29 is 49.8 Å². The molecule has 2 aromatic carbocycles. The summed E-state index contributed by atoms with van der Waals surface area (Å²) in [6.45, 7) is 8.95. The number of nitrogens with zero attached hydrogens (tertiary/aromatic N) is 3. The molecule has 3 heterocycles. The van der Waals surface area contributed by atoms with Crippen LogP contribution in [0.5, 0.6) is 11.6 Å². The fraction of sp³-hybridized carbons (Fsp3) is 0.425. The minimum absolute atomic E-state index is 0. The van der Waals surface area contributed by atoms with Crippen molar-refractivity contribution in [1.29, 1.82) is 0 Å². The molecule has 13 nitrogen and oxygen atoms in total. The molecule has 1 aliphatic heterocycles. The van der Waals surface area contributed by atoms with Crippen LogP contribution in [0.2, 0.25) is 5.02 Å². The molecule has 3 aliphatic rings. The molecule has 5 atom stereocenters. The van der Waals surface area contributed by atoms with Crippen molar-refractivity contribution in [2.45, 2.75) is 81.6 Å². The number of carbonyl (C=O) groups excluding carboxylic acids is 3. The molecule has 0 radical (unpaired) electrons. The van der Waals surface area contributed by atoms with E-state index in [9.17, 15) is 40.4 Å². The van der Waals surface area contributed by atoms with Crippen LogP contribution in [0.15, 0.2) is 60.6 Å². The Bertz CT molecular complexity index is 2500. The number of halogens is 7. The highest BCUT2D eigenvalue weighted by Gasteiger charge is 2.62. The molecule has 3 amide bonds. The van der Waals surface area contributed by atoms with Crippen LogP contribution in [0.4, 0.5) is 22.7 Å². The number of pyridine rings is 1. The number of alkyl halides is 3. The Kier molecular flexibility index (Phi) is 14.1. The van der Waals surface area contributed by atoms with Gasteiger partial charge >= 0.3 is 6.18 Å². The van der Waals surface area contributed by atoms with Crippen molar-refractivity contribution in [2.24, 2.45) is 11.3 Å². The summed E-state index contributed by atoms with van der Waals surface area (Å²) >= 11 is 7.38. The Morgan fingerprint density at radius 2 is 1.81 bits per heavy atom. The molecule has 3 N–H and O–H groups in total. The second-order valence-electron chi connectivity index (χ2n) is 16.2. The Morgan fingerprint density at radius 1 is 1.10 bits per heavy atom. The van der Waals surface area contributed by atoms with E-state index in [1.807, 2.05) is 0 Å². The average molecular weight is 966 g/mol. The van der Waals surface area contributed by atoms with Crippen molar-refractivity contribution in [1.82, 2.24) is 24.9 Å². The number of carbonyl (C=O) groups is 3. The summed E-state index contributed by atoms with van der Waals surface area (Å²) in [4.78, 5) is 53.0. The van der Waals surface area contributed by atoms with Crippen LogP contribution >= 0.6 is 47.8 Å². The summed E-state index contributed by atoms with van der Waals surface area (Å²) in [5.74, 6) is -3.64. The number of benzene rings is 2. The smallest absolute Gasteiger partial charge is 0.419 e. The van der Waals surface area contributed by atoms with Gasteiger partial charge in [-0.05, 0) is 55.0 Å². The number of amides is 3. The van der Waals surface area contributed by atoms with Gasteiger partial charge in [0.15, 0.2) is 5.13 Å². The summed E-state index contributed by atoms with van der Waals surface area (Å²) in [6, 6.07) is 5.22. The van der Waals surface area contributed by atoms with Crippen LogP contribution in [0, 0.1) is 17.2 Å². The zero-order valence-corrected chi connectivity index (χ0v) is 37.6. The molecule has 0 unspecified atom stereocenters. The monoisotopic (exact) mass is 964 g/mol. The largest absolute Gasteiger partial charge is 0.494 e. The number of hydrogen-bond donors (Lipinski definition) is 3. The summed E-state index contributed by atoms with van der Waals surface area (Å²) in [5.41, 5.74) is -3.65. The summed E-state index contributed by atoms with van der Waals surface area (Å²) < 4.78 is 93.6.